The number of rotatable bonds is 1. The molecule has 0 aliphatic heterocycles. The summed E-state index contributed by atoms with van der Waals surface area (Å²) in [6.07, 6.45) is 14.2. The molecule has 0 heteroatoms. The van der Waals surface area contributed by atoms with Crippen LogP contribution in [-0.2, 0) is 0 Å². The van der Waals surface area contributed by atoms with Crippen molar-refractivity contribution in [3.63, 3.8) is 0 Å². The summed E-state index contributed by atoms with van der Waals surface area (Å²) in [5, 5.41) is 0. The molecule has 0 radical (unpaired) electrons. The van der Waals surface area contributed by atoms with Crippen LogP contribution in [0.2, 0.25) is 0 Å². The summed E-state index contributed by atoms with van der Waals surface area (Å²) in [6.45, 7) is 4.31. The van der Waals surface area contributed by atoms with Gasteiger partial charge in [0, 0.05) is 5.41 Å². The van der Waals surface area contributed by atoms with Crippen molar-refractivity contribution < 1.29 is 0 Å². The minimum absolute atomic E-state index is 0.281. The molecule has 0 bridgehead atoms. The molecule has 0 heterocycles. The Balaban J connectivity index is 2.70. The predicted molar refractivity (Wildman–Crippen MR) is 45.8 cm³/mol. The van der Waals surface area contributed by atoms with E-state index in [1.807, 2.05) is 0 Å². The molecule has 0 unspecified atom stereocenters. The van der Waals surface area contributed by atoms with Gasteiger partial charge in [0.15, 0.2) is 0 Å². The summed E-state index contributed by atoms with van der Waals surface area (Å²) in [6, 6.07) is 0. The lowest BCUT2D eigenvalue weighted by molar-refractivity contribution is 0.556. The molecule has 1 aliphatic rings. The average Bonchev–Trinajstić information content (AvgIpc) is 1.89. The summed E-state index contributed by atoms with van der Waals surface area (Å²) in [5.74, 6) is 0. The quantitative estimate of drug-likeness (QED) is 0.483. The minimum Gasteiger partial charge on any atom is -0.0908 e. The summed E-state index contributed by atoms with van der Waals surface area (Å²) in [4.78, 5) is 0. The maximum Gasteiger partial charge on any atom is 0.00702 e. The van der Waals surface area contributed by atoms with E-state index in [0.29, 0.717) is 0 Å². The third kappa shape index (κ3) is 1.60. The van der Waals surface area contributed by atoms with Gasteiger partial charge in [-0.05, 0) is 13.3 Å². The van der Waals surface area contributed by atoms with Gasteiger partial charge in [-0.2, -0.15) is 0 Å². The Morgan fingerprint density at radius 3 is 2.70 bits per heavy atom. The maximum absolute atomic E-state index is 2.24. The zero-order valence-corrected chi connectivity index (χ0v) is 6.67. The Morgan fingerprint density at radius 1 is 1.40 bits per heavy atom. The number of hydrogen-bond donors (Lipinski definition) is 0. The van der Waals surface area contributed by atoms with Crippen LogP contribution in [0.3, 0.4) is 0 Å². The second-order valence-corrected chi connectivity index (χ2v) is 3.00. The van der Waals surface area contributed by atoms with Crippen LogP contribution in [0.4, 0.5) is 0 Å². The van der Waals surface area contributed by atoms with Crippen molar-refractivity contribution in [2.24, 2.45) is 5.41 Å². The van der Waals surface area contributed by atoms with Gasteiger partial charge in [-0.25, -0.2) is 0 Å². The fourth-order valence-electron chi connectivity index (χ4n) is 1.25. The molecule has 0 spiro atoms. The molecule has 1 aliphatic carbocycles. The highest BCUT2D eigenvalue weighted by molar-refractivity contribution is 5.20. The predicted octanol–water partition coefficient (Wildman–Crippen LogP) is 3.08. The van der Waals surface area contributed by atoms with E-state index in [-0.39, 0.29) is 5.41 Å². The summed E-state index contributed by atoms with van der Waals surface area (Å²) < 4.78 is 0. The van der Waals surface area contributed by atoms with Crippen LogP contribution < -0.4 is 0 Å². The summed E-state index contributed by atoms with van der Waals surface area (Å²) >= 11 is 0. The van der Waals surface area contributed by atoms with Gasteiger partial charge in [0.25, 0.3) is 0 Å². The van der Waals surface area contributed by atoms with Gasteiger partial charge in [0.05, 0.1) is 0 Å². The minimum atomic E-state index is 0.281. The molecule has 0 saturated heterocycles. The second-order valence-electron chi connectivity index (χ2n) is 3.00. The van der Waals surface area contributed by atoms with Crippen molar-refractivity contribution in [3.8, 4) is 0 Å². The third-order valence-electron chi connectivity index (χ3n) is 1.83. The Kier molecular flexibility index (Phi) is 2.10. The van der Waals surface area contributed by atoms with Gasteiger partial charge in [-0.15, -0.1) is 0 Å². The highest BCUT2D eigenvalue weighted by atomic mass is 14.2. The fraction of sp³-hybridized carbons (Fsp3) is 0.400. The van der Waals surface area contributed by atoms with Crippen molar-refractivity contribution in [2.45, 2.75) is 20.3 Å². The standard InChI is InChI=1S/C10H14/c1-3-7-10(2)8-5-4-6-9-10/h3-8H,9H2,1-2H3/b7-3-/t10-/m1/s1. The van der Waals surface area contributed by atoms with Crippen LogP contribution >= 0.6 is 0 Å². The molecule has 0 amide bonds. The highest BCUT2D eigenvalue weighted by Gasteiger charge is 2.15. The molecule has 0 aromatic heterocycles. The van der Waals surface area contributed by atoms with Crippen molar-refractivity contribution in [3.05, 3.63) is 36.5 Å². The Morgan fingerprint density at radius 2 is 2.20 bits per heavy atom. The first-order valence-corrected chi connectivity index (χ1v) is 3.75. The van der Waals surface area contributed by atoms with Crippen molar-refractivity contribution in [1.82, 2.24) is 0 Å². The van der Waals surface area contributed by atoms with Gasteiger partial charge >= 0.3 is 0 Å². The van der Waals surface area contributed by atoms with E-state index in [2.05, 4.69) is 50.3 Å². The van der Waals surface area contributed by atoms with Gasteiger partial charge in [0.1, 0.15) is 0 Å². The van der Waals surface area contributed by atoms with E-state index in [9.17, 15) is 0 Å². The van der Waals surface area contributed by atoms with E-state index < -0.39 is 0 Å². The Bertz CT molecular complexity index is 184. The molecule has 1 atom stereocenters. The first-order chi connectivity index (χ1) is 4.77. The lowest BCUT2D eigenvalue weighted by Crippen LogP contribution is -2.09. The smallest absolute Gasteiger partial charge is 0.00702 e. The van der Waals surface area contributed by atoms with Gasteiger partial charge in [-0.3, -0.25) is 0 Å². The molecule has 10 heavy (non-hydrogen) atoms. The molecule has 0 aromatic carbocycles. The lowest BCUT2D eigenvalue weighted by Gasteiger charge is -2.21. The largest absolute Gasteiger partial charge is 0.0908 e. The van der Waals surface area contributed by atoms with Crippen LogP contribution in [0.1, 0.15) is 20.3 Å². The van der Waals surface area contributed by atoms with Crippen molar-refractivity contribution >= 4 is 0 Å². The second kappa shape index (κ2) is 2.87. The van der Waals surface area contributed by atoms with E-state index in [1.165, 1.54) is 0 Å². The van der Waals surface area contributed by atoms with Crippen LogP contribution in [0.25, 0.3) is 0 Å². The summed E-state index contributed by atoms with van der Waals surface area (Å²) in [5.41, 5.74) is 0.281. The zero-order chi connectivity index (χ0) is 7.45. The first kappa shape index (κ1) is 7.33. The average molecular weight is 134 g/mol. The first-order valence-electron chi connectivity index (χ1n) is 3.75. The molecule has 0 N–H and O–H groups in total. The Labute approximate surface area is 62.9 Å². The lowest BCUT2D eigenvalue weighted by atomic mass is 9.84. The maximum atomic E-state index is 2.24. The molecular formula is C10H14. The SMILES string of the molecule is C/C=C\[C@]1(C)C=CC=CC1. The van der Waals surface area contributed by atoms with E-state index >= 15 is 0 Å². The van der Waals surface area contributed by atoms with Crippen LogP contribution in [0.15, 0.2) is 36.5 Å². The van der Waals surface area contributed by atoms with Gasteiger partial charge < -0.3 is 0 Å². The van der Waals surface area contributed by atoms with Crippen LogP contribution in [0, 0.1) is 5.41 Å². The van der Waals surface area contributed by atoms with Gasteiger partial charge in [-0.1, -0.05) is 43.4 Å². The van der Waals surface area contributed by atoms with Gasteiger partial charge in [0.2, 0.25) is 0 Å². The molecule has 0 aromatic rings. The Hall–Kier alpha value is -0.780. The highest BCUT2D eigenvalue weighted by Crippen LogP contribution is 2.28. The zero-order valence-electron chi connectivity index (χ0n) is 6.67. The summed E-state index contributed by atoms with van der Waals surface area (Å²) in [7, 11) is 0. The van der Waals surface area contributed by atoms with E-state index in [4.69, 9.17) is 0 Å². The third-order valence-corrected chi connectivity index (χ3v) is 1.83. The number of hydrogen-bond acceptors (Lipinski definition) is 0. The van der Waals surface area contributed by atoms with Crippen molar-refractivity contribution in [2.75, 3.05) is 0 Å². The normalized spacial score (nSPS) is 31.8. The van der Waals surface area contributed by atoms with E-state index in [1.54, 1.807) is 0 Å². The van der Waals surface area contributed by atoms with Crippen LogP contribution in [0.5, 0.6) is 0 Å². The molecule has 0 nitrogen and oxygen atoms in total. The monoisotopic (exact) mass is 134 g/mol. The fourth-order valence-corrected chi connectivity index (χ4v) is 1.25. The topological polar surface area (TPSA) is 0 Å². The molecule has 0 saturated carbocycles. The van der Waals surface area contributed by atoms with E-state index in [0.717, 1.165) is 6.42 Å². The molecule has 0 fully saturated rings. The molecule has 54 valence electrons. The molecular weight excluding hydrogens is 120 g/mol. The molecule has 1 rings (SSSR count). The van der Waals surface area contributed by atoms with Crippen molar-refractivity contribution in [1.29, 1.82) is 0 Å². The number of allylic oxidation sites excluding steroid dienone is 6. The van der Waals surface area contributed by atoms with Crippen LogP contribution in [-0.4, -0.2) is 0 Å².